The van der Waals surface area contributed by atoms with E-state index in [9.17, 15) is 8.42 Å². The molecule has 3 aromatic heterocycles. The van der Waals surface area contributed by atoms with Crippen LogP contribution in [-0.2, 0) is 14.3 Å². The molecule has 83 heavy (non-hydrogen) atoms. The third kappa shape index (κ3) is 24.2. The molecular weight excluding hydrogens is 1130 g/mol. The zero-order chi connectivity index (χ0) is 59.2. The number of hydrogen-bond acceptors (Lipinski definition) is 17. The number of nitrogens with zero attached hydrogens (tertiary/aromatic N) is 8. The van der Waals surface area contributed by atoms with Crippen molar-refractivity contribution in [1.29, 1.82) is 0 Å². The molecule has 0 saturated carbocycles. The molecule has 0 aliphatic carbocycles. The Morgan fingerprint density at radius 2 is 0.988 bits per heavy atom. The third-order valence-corrected chi connectivity index (χ3v) is 16.5. The number of halogens is 3. The summed E-state index contributed by atoms with van der Waals surface area (Å²) in [7, 11) is -3.40. The molecule has 10 rings (SSSR count). The van der Waals surface area contributed by atoms with Crippen molar-refractivity contribution in [3.05, 3.63) is 106 Å². The van der Waals surface area contributed by atoms with E-state index in [1.54, 1.807) is 18.3 Å². The second kappa shape index (κ2) is 36.9. The molecule has 21 heteroatoms. The molecule has 17 nitrogen and oxygen atoms in total. The first-order valence-corrected chi connectivity index (χ1v) is 32.7. The topological polar surface area (TPSA) is 203 Å². The zero-order valence-corrected chi connectivity index (χ0v) is 52.6. The number of aliphatic imine (C=N–C) groups is 2. The van der Waals surface area contributed by atoms with Crippen LogP contribution >= 0.6 is 34.8 Å². The van der Waals surface area contributed by atoms with E-state index in [1.165, 1.54) is 64.7 Å². The quantitative estimate of drug-likeness (QED) is 0.0269. The number of pyridine rings is 3. The molecule has 454 valence electrons. The van der Waals surface area contributed by atoms with Crippen LogP contribution in [0.25, 0.3) is 32.7 Å². The highest BCUT2D eigenvalue weighted by Crippen LogP contribution is 2.27. The number of nitrogens with one attached hydrogen (secondary N) is 5. The van der Waals surface area contributed by atoms with Crippen molar-refractivity contribution in [2.24, 2.45) is 15.7 Å². The van der Waals surface area contributed by atoms with Gasteiger partial charge in [0.05, 0.1) is 41.5 Å². The summed E-state index contributed by atoms with van der Waals surface area (Å²) >= 11 is 18.0. The Labute approximate surface area is 509 Å². The summed E-state index contributed by atoms with van der Waals surface area (Å²) in [6.45, 7) is 24.5. The number of aromatic nitrogens is 3. The molecule has 0 atom stereocenters. The number of benzene rings is 3. The van der Waals surface area contributed by atoms with E-state index in [2.05, 4.69) is 84.3 Å². The largest absolute Gasteiger partial charge is 0.383 e. The molecule has 4 aliphatic rings. The Morgan fingerprint density at radius 1 is 0.602 bits per heavy atom. The summed E-state index contributed by atoms with van der Waals surface area (Å²) in [5.41, 5.74) is 11.4. The van der Waals surface area contributed by atoms with Gasteiger partial charge in [-0.05, 0) is 203 Å². The number of likely N-dealkylation sites (tertiary alicyclic amines) is 2. The second-order valence-electron chi connectivity index (χ2n) is 21.1. The molecular formula is C62H91Cl3N14O3S. The fourth-order valence-electron chi connectivity index (χ4n) is 10.7. The van der Waals surface area contributed by atoms with Crippen molar-refractivity contribution in [3.8, 4) is 0 Å². The van der Waals surface area contributed by atoms with Crippen molar-refractivity contribution >= 4 is 107 Å². The van der Waals surface area contributed by atoms with Gasteiger partial charge in [-0.3, -0.25) is 29.1 Å². The SMILES string of the molecule is CC=NC1CCN(CCNc2ccnc3cc(Cl)ccc23)CC1.CC=NC1CCNCC1.CCN(CC)C1CCN(CCNc2ccnc3cc(Cl)ccc23)CC1.CS(=O)(=O)OCCNc1ccnc2cc(Cl)ccc12.NC1CCNCC1. The fraction of sp³-hybridized carbons (Fsp3) is 0.532. The number of rotatable bonds is 18. The zero-order valence-electron chi connectivity index (χ0n) is 49.5. The van der Waals surface area contributed by atoms with E-state index in [1.807, 2.05) is 99.3 Å². The average molecular weight is 1220 g/mol. The number of piperidine rings is 4. The lowest BCUT2D eigenvalue weighted by Crippen LogP contribution is -2.45. The predicted octanol–water partition coefficient (Wildman–Crippen LogP) is 10.8. The standard InChI is InChI=1S/C20H29ClN4.C18H23ClN4.C12H13ClN2O3S.C7H14N2.C5H12N2/c1-3-25(4-2)17-8-12-24(13-9-17)14-11-23-19-7-10-22-20-15-16(21)5-6-18(19)20;1-2-20-15-6-10-23(11-7-15)12-9-22-17-5-8-21-18-13-14(19)3-4-16(17)18;1-19(16,17)18-7-6-15-11-4-5-14-12-8-9(13)2-3-10(11)12;1-2-9-7-3-5-8-6-4-7;6-5-1-3-7-4-2-5/h5-7,10,15,17H,3-4,8-9,11-14H2,1-2H3,(H,22,23);2-5,8,13,15H,6-7,9-12H2,1H3,(H,21,22);2-5,8H,6-7H2,1H3,(H,14,15);2,7-8H,3-6H2,1H3;5,7H,1-4,6H2. The number of anilines is 3. The maximum absolute atomic E-state index is 10.8. The predicted molar refractivity (Wildman–Crippen MR) is 353 cm³/mol. The summed E-state index contributed by atoms with van der Waals surface area (Å²) in [6, 6.07) is 25.4. The molecule has 4 saturated heterocycles. The number of fused-ring (bicyclic) bond motifs is 3. The van der Waals surface area contributed by atoms with Crippen molar-refractivity contribution in [3.63, 3.8) is 0 Å². The molecule has 0 spiro atoms. The highest BCUT2D eigenvalue weighted by atomic mass is 35.5. The minimum absolute atomic E-state index is 0.0796. The Balaban J connectivity index is 0.000000177. The van der Waals surface area contributed by atoms with Gasteiger partial charge in [-0.2, -0.15) is 8.42 Å². The smallest absolute Gasteiger partial charge is 0.264 e. The fourth-order valence-corrected chi connectivity index (χ4v) is 11.5. The number of hydrogen-bond donors (Lipinski definition) is 6. The van der Waals surface area contributed by atoms with E-state index >= 15 is 0 Å². The highest BCUT2D eigenvalue weighted by molar-refractivity contribution is 7.86. The first-order valence-electron chi connectivity index (χ1n) is 29.8. The molecule has 0 amide bonds. The van der Waals surface area contributed by atoms with Gasteiger partial charge in [0.1, 0.15) is 0 Å². The lowest BCUT2D eigenvalue weighted by molar-refractivity contribution is 0.119. The highest BCUT2D eigenvalue weighted by Gasteiger charge is 2.23. The van der Waals surface area contributed by atoms with Gasteiger partial charge in [0, 0.05) is 125 Å². The van der Waals surface area contributed by atoms with Gasteiger partial charge in [-0.15, -0.1) is 0 Å². The normalized spacial score (nSPS) is 17.1. The minimum Gasteiger partial charge on any atom is -0.383 e. The summed E-state index contributed by atoms with van der Waals surface area (Å²) in [6.07, 6.45) is 19.9. The Kier molecular flexibility index (Phi) is 29.9. The first kappa shape index (κ1) is 67.3. The van der Waals surface area contributed by atoms with Crippen LogP contribution in [0.3, 0.4) is 0 Å². The average Bonchev–Trinajstić information content (AvgIpc) is 3.64. The molecule has 6 aromatic rings. The molecule has 7 heterocycles. The maximum atomic E-state index is 10.8. The van der Waals surface area contributed by atoms with Crippen molar-refractivity contribution < 1.29 is 12.6 Å². The molecule has 7 N–H and O–H groups in total. The van der Waals surface area contributed by atoms with E-state index in [0.29, 0.717) is 29.7 Å². The van der Waals surface area contributed by atoms with Crippen LogP contribution in [-0.4, -0.2) is 186 Å². The lowest BCUT2D eigenvalue weighted by Gasteiger charge is -2.37. The van der Waals surface area contributed by atoms with E-state index in [4.69, 9.17) is 40.5 Å². The number of nitrogens with two attached hydrogens (primary N) is 1. The molecule has 3 aromatic carbocycles. The maximum Gasteiger partial charge on any atom is 0.264 e. The first-order chi connectivity index (χ1) is 40.2. The summed E-state index contributed by atoms with van der Waals surface area (Å²) in [4.78, 5) is 29.5. The molecule has 0 bridgehead atoms. The molecule has 4 aliphatic heterocycles. The molecule has 4 fully saturated rings. The van der Waals surface area contributed by atoms with Crippen LogP contribution in [0.15, 0.2) is 101 Å². The lowest BCUT2D eigenvalue weighted by atomic mass is 10.0. The Bertz CT molecular complexity index is 3000. The van der Waals surface area contributed by atoms with Crippen LogP contribution in [0.5, 0.6) is 0 Å². The third-order valence-electron chi connectivity index (χ3n) is 15.2. The van der Waals surface area contributed by atoms with Gasteiger partial charge in [-0.1, -0.05) is 48.7 Å². The van der Waals surface area contributed by atoms with Gasteiger partial charge < -0.3 is 47.0 Å². The van der Waals surface area contributed by atoms with Crippen LogP contribution in [0.1, 0.15) is 79.1 Å². The van der Waals surface area contributed by atoms with Crippen molar-refractivity contribution in [2.45, 2.75) is 103 Å². The minimum atomic E-state index is -3.40. The van der Waals surface area contributed by atoms with Crippen molar-refractivity contribution in [1.82, 2.24) is 40.3 Å². The summed E-state index contributed by atoms with van der Waals surface area (Å²) < 4.78 is 26.3. The van der Waals surface area contributed by atoms with Gasteiger partial charge in [0.2, 0.25) is 0 Å². The van der Waals surface area contributed by atoms with E-state index in [-0.39, 0.29) is 6.61 Å². The monoisotopic (exact) mass is 1220 g/mol. The second-order valence-corrected chi connectivity index (χ2v) is 24.1. The van der Waals surface area contributed by atoms with Crippen LogP contribution < -0.4 is 32.3 Å². The van der Waals surface area contributed by atoms with E-state index < -0.39 is 10.1 Å². The van der Waals surface area contributed by atoms with Crippen molar-refractivity contribution in [2.75, 3.05) is 127 Å². The van der Waals surface area contributed by atoms with Crippen LogP contribution in [0.2, 0.25) is 15.1 Å². The van der Waals surface area contributed by atoms with Gasteiger partial charge >= 0.3 is 0 Å². The Morgan fingerprint density at radius 3 is 1.36 bits per heavy atom. The Hall–Kier alpha value is -4.83. The molecule has 0 unspecified atom stereocenters. The van der Waals surface area contributed by atoms with Gasteiger partial charge in [0.25, 0.3) is 10.1 Å². The van der Waals surface area contributed by atoms with Crippen LogP contribution in [0, 0.1) is 0 Å². The molecule has 0 radical (unpaired) electrons. The van der Waals surface area contributed by atoms with Gasteiger partial charge in [-0.25, -0.2) is 0 Å². The summed E-state index contributed by atoms with van der Waals surface area (Å²) in [5, 5.41) is 22.0. The van der Waals surface area contributed by atoms with E-state index in [0.717, 1.165) is 150 Å². The van der Waals surface area contributed by atoms with Gasteiger partial charge in [0.15, 0.2) is 0 Å². The summed E-state index contributed by atoms with van der Waals surface area (Å²) in [5.74, 6) is 0. The van der Waals surface area contributed by atoms with Crippen LogP contribution in [0.4, 0.5) is 17.1 Å².